The van der Waals surface area contributed by atoms with Crippen molar-refractivity contribution in [2.24, 2.45) is 0 Å². The summed E-state index contributed by atoms with van der Waals surface area (Å²) in [6.45, 7) is 1.86. The maximum absolute atomic E-state index is 12.2. The fraction of sp³-hybridized carbons (Fsp3) is 0.667. The fourth-order valence-electron chi connectivity index (χ4n) is 1.59. The Morgan fingerprint density at radius 2 is 1.43 bits per heavy atom. The summed E-state index contributed by atoms with van der Waals surface area (Å²) in [6, 6.07) is -0.824. The van der Waals surface area contributed by atoms with Gasteiger partial charge in [0.05, 0.1) is 6.61 Å². The Morgan fingerprint density at radius 3 is 1.81 bits per heavy atom. The van der Waals surface area contributed by atoms with E-state index in [9.17, 15) is 19.2 Å². The van der Waals surface area contributed by atoms with E-state index in [0.717, 1.165) is 4.90 Å². The number of hydrogen-bond acceptors (Lipinski definition) is 5. The summed E-state index contributed by atoms with van der Waals surface area (Å²) in [5.74, 6) is -3.31. The molecule has 21 heavy (non-hydrogen) atoms. The molecule has 0 aliphatic carbocycles. The highest BCUT2D eigenvalue weighted by molar-refractivity contribution is 5.86. The molecule has 2 amide bonds. The maximum atomic E-state index is 12.2. The SMILES string of the molecule is CCCN(CC(=O)OCC)C(=O)N(CC(=O)O)CC(=O)O. The summed E-state index contributed by atoms with van der Waals surface area (Å²) in [6.07, 6.45) is 0.527. The number of aliphatic carboxylic acids is 2. The lowest BCUT2D eigenvalue weighted by Crippen LogP contribution is -2.49. The average Bonchev–Trinajstić information content (AvgIpc) is 2.35. The first-order valence-electron chi connectivity index (χ1n) is 6.44. The lowest BCUT2D eigenvalue weighted by atomic mass is 10.4. The zero-order valence-electron chi connectivity index (χ0n) is 12.1. The van der Waals surface area contributed by atoms with Crippen LogP contribution in [-0.2, 0) is 19.1 Å². The molecular weight excluding hydrogens is 284 g/mol. The van der Waals surface area contributed by atoms with Gasteiger partial charge in [0.15, 0.2) is 0 Å². The van der Waals surface area contributed by atoms with Gasteiger partial charge in [-0.05, 0) is 13.3 Å². The van der Waals surface area contributed by atoms with Crippen LogP contribution in [0.4, 0.5) is 4.79 Å². The van der Waals surface area contributed by atoms with Crippen LogP contribution in [0.3, 0.4) is 0 Å². The van der Waals surface area contributed by atoms with E-state index in [1.165, 1.54) is 0 Å². The van der Waals surface area contributed by atoms with Crippen LogP contribution in [0, 0.1) is 0 Å². The van der Waals surface area contributed by atoms with E-state index in [0.29, 0.717) is 11.3 Å². The maximum Gasteiger partial charge on any atom is 0.325 e. The number of esters is 1. The van der Waals surface area contributed by atoms with Crippen molar-refractivity contribution in [3.8, 4) is 0 Å². The standard InChI is InChI=1S/C12H20N2O7/c1-3-5-13(8-11(19)21-4-2)12(20)14(6-9(15)16)7-10(17)18/h3-8H2,1-2H3,(H,15,16)(H,17,18). The van der Waals surface area contributed by atoms with Crippen LogP contribution >= 0.6 is 0 Å². The molecule has 120 valence electrons. The van der Waals surface area contributed by atoms with Crippen molar-refractivity contribution in [3.05, 3.63) is 0 Å². The number of urea groups is 1. The number of rotatable bonds is 9. The molecular formula is C12H20N2O7. The number of carboxylic acids is 2. The lowest BCUT2D eigenvalue weighted by molar-refractivity contribution is -0.143. The van der Waals surface area contributed by atoms with Crippen LogP contribution in [0.5, 0.6) is 0 Å². The van der Waals surface area contributed by atoms with Gasteiger partial charge in [0.2, 0.25) is 0 Å². The van der Waals surface area contributed by atoms with Crippen LogP contribution in [0.2, 0.25) is 0 Å². The highest BCUT2D eigenvalue weighted by Gasteiger charge is 2.26. The van der Waals surface area contributed by atoms with E-state index in [1.807, 2.05) is 0 Å². The molecule has 0 heterocycles. The molecule has 0 spiro atoms. The van der Waals surface area contributed by atoms with Gasteiger partial charge in [0.1, 0.15) is 19.6 Å². The molecule has 0 atom stereocenters. The Hall–Kier alpha value is -2.32. The molecule has 0 radical (unpaired) electrons. The second-order valence-electron chi connectivity index (χ2n) is 4.15. The fourth-order valence-corrected chi connectivity index (χ4v) is 1.59. The first kappa shape index (κ1) is 18.7. The first-order valence-corrected chi connectivity index (χ1v) is 6.44. The minimum atomic E-state index is -1.34. The van der Waals surface area contributed by atoms with E-state index in [-0.39, 0.29) is 19.7 Å². The summed E-state index contributed by atoms with van der Waals surface area (Å²) in [5.41, 5.74) is 0. The predicted molar refractivity (Wildman–Crippen MR) is 70.7 cm³/mol. The molecule has 0 bridgehead atoms. The van der Waals surface area contributed by atoms with Crippen LogP contribution in [-0.4, -0.2) is 76.7 Å². The van der Waals surface area contributed by atoms with Gasteiger partial charge < -0.3 is 24.7 Å². The second-order valence-corrected chi connectivity index (χ2v) is 4.15. The van der Waals surface area contributed by atoms with Gasteiger partial charge in [0.25, 0.3) is 0 Å². The third-order valence-electron chi connectivity index (χ3n) is 2.31. The summed E-state index contributed by atoms with van der Waals surface area (Å²) in [4.78, 5) is 46.7. The van der Waals surface area contributed by atoms with Gasteiger partial charge in [-0.2, -0.15) is 0 Å². The summed E-state index contributed by atoms with van der Waals surface area (Å²) >= 11 is 0. The Balaban J connectivity index is 4.96. The molecule has 0 unspecified atom stereocenters. The largest absolute Gasteiger partial charge is 0.480 e. The minimum Gasteiger partial charge on any atom is -0.480 e. The normalized spacial score (nSPS) is 9.81. The lowest BCUT2D eigenvalue weighted by Gasteiger charge is -2.27. The Kier molecular flexibility index (Phi) is 8.51. The van der Waals surface area contributed by atoms with Crippen molar-refractivity contribution in [1.82, 2.24) is 9.80 Å². The van der Waals surface area contributed by atoms with Crippen LogP contribution < -0.4 is 0 Å². The van der Waals surface area contributed by atoms with Gasteiger partial charge in [-0.3, -0.25) is 14.4 Å². The van der Waals surface area contributed by atoms with Gasteiger partial charge >= 0.3 is 23.9 Å². The van der Waals surface area contributed by atoms with E-state index < -0.39 is 37.0 Å². The highest BCUT2D eigenvalue weighted by Crippen LogP contribution is 2.02. The van der Waals surface area contributed by atoms with Crippen molar-refractivity contribution >= 4 is 23.9 Å². The van der Waals surface area contributed by atoms with E-state index in [4.69, 9.17) is 14.9 Å². The van der Waals surface area contributed by atoms with Crippen LogP contribution in [0.15, 0.2) is 0 Å². The Labute approximate surface area is 122 Å². The third kappa shape index (κ3) is 7.75. The van der Waals surface area contributed by atoms with Gasteiger partial charge in [-0.1, -0.05) is 6.92 Å². The molecule has 2 N–H and O–H groups in total. The van der Waals surface area contributed by atoms with E-state index in [2.05, 4.69) is 0 Å². The predicted octanol–water partition coefficient (Wildman–Crippen LogP) is -0.147. The number of carbonyl (C=O) groups is 4. The monoisotopic (exact) mass is 304 g/mol. The number of nitrogens with zero attached hydrogens (tertiary/aromatic N) is 2. The topological polar surface area (TPSA) is 124 Å². The third-order valence-corrected chi connectivity index (χ3v) is 2.31. The van der Waals surface area contributed by atoms with Gasteiger partial charge in [-0.15, -0.1) is 0 Å². The van der Waals surface area contributed by atoms with Gasteiger partial charge in [0, 0.05) is 6.54 Å². The Bertz CT molecular complexity index is 381. The smallest absolute Gasteiger partial charge is 0.325 e. The Morgan fingerprint density at radius 1 is 0.905 bits per heavy atom. The minimum absolute atomic E-state index is 0.154. The van der Waals surface area contributed by atoms with E-state index >= 15 is 0 Å². The summed E-state index contributed by atoms with van der Waals surface area (Å²) in [5, 5.41) is 17.5. The number of ether oxygens (including phenoxy) is 1. The van der Waals surface area contributed by atoms with E-state index in [1.54, 1.807) is 13.8 Å². The molecule has 0 aliphatic heterocycles. The summed E-state index contributed by atoms with van der Waals surface area (Å²) in [7, 11) is 0. The number of hydrogen-bond donors (Lipinski definition) is 2. The van der Waals surface area contributed by atoms with Crippen molar-refractivity contribution in [3.63, 3.8) is 0 Å². The zero-order valence-corrected chi connectivity index (χ0v) is 12.1. The van der Waals surface area contributed by atoms with Crippen molar-refractivity contribution < 1.29 is 34.1 Å². The molecule has 0 aliphatic rings. The molecule has 0 rings (SSSR count). The highest BCUT2D eigenvalue weighted by atomic mass is 16.5. The number of carboxylic acid groups (broad SMARTS) is 2. The molecule has 0 aromatic carbocycles. The van der Waals surface area contributed by atoms with Crippen molar-refractivity contribution in [2.45, 2.75) is 20.3 Å². The molecule has 9 heteroatoms. The second kappa shape index (κ2) is 9.56. The average molecular weight is 304 g/mol. The van der Waals surface area contributed by atoms with Gasteiger partial charge in [-0.25, -0.2) is 4.79 Å². The molecule has 0 saturated heterocycles. The van der Waals surface area contributed by atoms with Crippen LogP contribution in [0.25, 0.3) is 0 Å². The quantitative estimate of drug-likeness (QED) is 0.568. The van der Waals surface area contributed by atoms with Crippen molar-refractivity contribution in [1.29, 1.82) is 0 Å². The first-order chi connectivity index (χ1) is 9.81. The van der Waals surface area contributed by atoms with Crippen LogP contribution in [0.1, 0.15) is 20.3 Å². The molecule has 0 fully saturated rings. The summed E-state index contributed by atoms with van der Waals surface area (Å²) < 4.78 is 4.73. The van der Waals surface area contributed by atoms with Crippen molar-refractivity contribution in [2.75, 3.05) is 32.8 Å². The molecule has 0 aromatic heterocycles. The number of carbonyl (C=O) groups excluding carboxylic acids is 2. The molecule has 0 saturated carbocycles. The zero-order chi connectivity index (χ0) is 16.4. The molecule has 0 aromatic rings. The number of amides is 2. The molecule has 9 nitrogen and oxygen atoms in total.